The molecule has 5 aromatic heterocycles. The van der Waals surface area contributed by atoms with Crippen LogP contribution in [-0.4, -0.2) is 34.5 Å². The third-order valence-corrected chi connectivity index (χ3v) is 11.8. The molecule has 1 aliphatic heterocycles. The predicted octanol–water partition coefficient (Wildman–Crippen LogP) is 11.5. The summed E-state index contributed by atoms with van der Waals surface area (Å²) in [5.74, 6) is 1.78. The number of hydrogen-bond acceptors (Lipinski definition) is 5. The van der Waals surface area contributed by atoms with E-state index in [1.807, 2.05) is 12.1 Å². The number of pyridine rings is 1. The van der Waals surface area contributed by atoms with Crippen LogP contribution >= 0.6 is 0 Å². The molecule has 0 fully saturated rings. The molecule has 8 nitrogen and oxygen atoms in total. The van der Waals surface area contributed by atoms with Gasteiger partial charge in [0.15, 0.2) is 5.58 Å². The van der Waals surface area contributed by atoms with Crippen molar-refractivity contribution >= 4 is 78.2 Å². The summed E-state index contributed by atoms with van der Waals surface area (Å²) in [6, 6.07) is 53.4. The molecule has 0 N–H and O–H groups in total. The molecule has 11 aromatic rings. The number of benzene rings is 6. The van der Waals surface area contributed by atoms with Gasteiger partial charge in [-0.3, -0.25) is 8.97 Å². The van der Waals surface area contributed by atoms with Crippen LogP contribution in [-0.2, 0) is 0 Å². The summed E-state index contributed by atoms with van der Waals surface area (Å²) < 4.78 is 13.4. The highest BCUT2D eigenvalue weighted by atomic mass is 16.3. The Labute approximate surface area is 325 Å². The van der Waals surface area contributed by atoms with Gasteiger partial charge < -0.3 is 13.9 Å². The zero-order valence-corrected chi connectivity index (χ0v) is 30.4. The van der Waals surface area contributed by atoms with Crippen molar-refractivity contribution in [2.45, 2.75) is 12.1 Å². The van der Waals surface area contributed by atoms with E-state index in [0.29, 0.717) is 5.71 Å². The Hall–Kier alpha value is -7.71. The first kappa shape index (κ1) is 30.6. The fourth-order valence-electron chi connectivity index (χ4n) is 9.29. The molecule has 2 unspecified atom stereocenters. The maximum Gasteiger partial charge on any atom is 0.227 e. The molecule has 0 saturated carbocycles. The van der Waals surface area contributed by atoms with Crippen LogP contribution in [0.2, 0.25) is 0 Å². The molecule has 8 heteroatoms. The number of para-hydroxylation sites is 5. The molecule has 0 radical (unpaired) electrons. The molecule has 6 aromatic carbocycles. The van der Waals surface area contributed by atoms with Crippen LogP contribution in [0.5, 0.6) is 0 Å². The monoisotopic (exact) mass is 733 g/mol. The van der Waals surface area contributed by atoms with Crippen LogP contribution in [0.3, 0.4) is 0 Å². The van der Waals surface area contributed by atoms with E-state index in [-0.39, 0.29) is 12.1 Å². The molecular formula is C49H31N7O. The van der Waals surface area contributed by atoms with Crippen molar-refractivity contribution in [3.8, 4) is 16.8 Å². The van der Waals surface area contributed by atoms with Gasteiger partial charge in [-0.1, -0.05) is 103 Å². The molecule has 0 spiro atoms. The van der Waals surface area contributed by atoms with Crippen LogP contribution < -0.4 is 4.90 Å². The van der Waals surface area contributed by atoms with Crippen molar-refractivity contribution in [3.63, 3.8) is 0 Å². The van der Waals surface area contributed by atoms with Crippen LogP contribution in [0.1, 0.15) is 11.6 Å². The van der Waals surface area contributed by atoms with Gasteiger partial charge in [0.25, 0.3) is 0 Å². The van der Waals surface area contributed by atoms with Crippen molar-refractivity contribution in [1.29, 1.82) is 0 Å². The maximum absolute atomic E-state index is 6.46. The quantitative estimate of drug-likeness (QED) is 0.180. The van der Waals surface area contributed by atoms with E-state index >= 15 is 0 Å². The Kier molecular flexibility index (Phi) is 6.12. The SMILES string of the molecule is C1=CC2C(C=C1c1ccc3c(c1)n1c4ccccc4nc1n3-c1cccc3c1oc1ncccc13)n1c(nc3ccccc31)N2c1ccc(-c2ccccc2)cc1. The Morgan fingerprint density at radius 2 is 1.32 bits per heavy atom. The minimum atomic E-state index is 0.0369. The predicted molar refractivity (Wildman–Crippen MR) is 228 cm³/mol. The van der Waals surface area contributed by atoms with Gasteiger partial charge >= 0.3 is 0 Å². The zero-order valence-electron chi connectivity index (χ0n) is 30.4. The highest BCUT2D eigenvalue weighted by Crippen LogP contribution is 2.47. The van der Waals surface area contributed by atoms with Crippen LogP contribution in [0.15, 0.2) is 181 Å². The van der Waals surface area contributed by atoms with Gasteiger partial charge in [-0.05, 0) is 89.0 Å². The highest BCUT2D eigenvalue weighted by Gasteiger charge is 2.41. The first-order chi connectivity index (χ1) is 28.3. The van der Waals surface area contributed by atoms with Gasteiger partial charge in [-0.25, -0.2) is 15.0 Å². The zero-order chi connectivity index (χ0) is 37.2. The molecule has 2 aliphatic rings. The molecule has 0 saturated heterocycles. The number of imidazole rings is 3. The summed E-state index contributed by atoms with van der Waals surface area (Å²) in [7, 11) is 0. The lowest BCUT2D eigenvalue weighted by atomic mass is 9.93. The lowest BCUT2D eigenvalue weighted by Crippen LogP contribution is -2.30. The second kappa shape index (κ2) is 11.4. The van der Waals surface area contributed by atoms with Gasteiger partial charge in [-0.2, -0.15) is 0 Å². The Balaban J connectivity index is 0.972. The summed E-state index contributed by atoms with van der Waals surface area (Å²) in [4.78, 5) is 17.4. The number of fused-ring (bicyclic) bond motifs is 13. The van der Waals surface area contributed by atoms with Gasteiger partial charge in [0, 0.05) is 22.7 Å². The van der Waals surface area contributed by atoms with Crippen LogP contribution in [0, 0.1) is 0 Å². The first-order valence-electron chi connectivity index (χ1n) is 19.3. The molecule has 268 valence electrons. The highest BCUT2D eigenvalue weighted by molar-refractivity contribution is 6.07. The van der Waals surface area contributed by atoms with E-state index in [1.165, 1.54) is 16.7 Å². The maximum atomic E-state index is 6.46. The van der Waals surface area contributed by atoms with Crippen LogP contribution in [0.4, 0.5) is 11.6 Å². The Morgan fingerprint density at radius 1 is 0.561 bits per heavy atom. The minimum Gasteiger partial charge on any atom is -0.435 e. The summed E-state index contributed by atoms with van der Waals surface area (Å²) in [5, 5.41) is 2.02. The van der Waals surface area contributed by atoms with Crippen molar-refractivity contribution in [1.82, 2.24) is 28.5 Å². The van der Waals surface area contributed by atoms with E-state index in [2.05, 4.69) is 181 Å². The number of allylic oxidation sites excluding steroid dienone is 2. The minimum absolute atomic E-state index is 0.0369. The molecule has 1 aliphatic carbocycles. The summed E-state index contributed by atoms with van der Waals surface area (Å²) in [6.45, 7) is 0. The lowest BCUT2D eigenvalue weighted by molar-refractivity contribution is 0.626. The molecule has 13 rings (SSSR count). The van der Waals surface area contributed by atoms with E-state index in [9.17, 15) is 0 Å². The molecule has 0 bridgehead atoms. The van der Waals surface area contributed by atoms with E-state index < -0.39 is 0 Å². The molecule has 57 heavy (non-hydrogen) atoms. The van der Waals surface area contributed by atoms with Crippen molar-refractivity contribution < 1.29 is 4.42 Å². The van der Waals surface area contributed by atoms with Gasteiger partial charge in [0.1, 0.15) is 0 Å². The van der Waals surface area contributed by atoms with E-state index in [4.69, 9.17) is 14.4 Å². The van der Waals surface area contributed by atoms with Crippen molar-refractivity contribution in [2.24, 2.45) is 0 Å². The fourth-order valence-corrected chi connectivity index (χ4v) is 9.29. The Morgan fingerprint density at radius 3 is 2.19 bits per heavy atom. The number of furan rings is 1. The standard InChI is InChI=1S/C49H31N7O/c1-2-10-30(11-3-1)31-19-23-34(24-20-31)53-41-25-21-32(28-44(41)54-39-16-6-4-14-37(39)51-48(53)54)33-22-26-42-45(29-33)55-40-17-7-5-15-38(40)52-49(55)56(42)43-18-8-12-35-36-13-9-27-50-47(36)57-46(35)43/h1-29,41,44H. The summed E-state index contributed by atoms with van der Waals surface area (Å²) in [5.41, 5.74) is 14.4. The van der Waals surface area contributed by atoms with E-state index in [0.717, 1.165) is 78.1 Å². The fraction of sp³-hybridized carbons (Fsp3) is 0.0408. The Bertz CT molecular complexity index is 3490. The second-order valence-electron chi connectivity index (χ2n) is 14.9. The normalized spacial score (nSPS) is 16.4. The largest absolute Gasteiger partial charge is 0.435 e. The first-order valence-corrected chi connectivity index (χ1v) is 19.3. The second-order valence-corrected chi connectivity index (χ2v) is 14.9. The summed E-state index contributed by atoms with van der Waals surface area (Å²) in [6.07, 6.45) is 8.83. The molecule has 6 heterocycles. The van der Waals surface area contributed by atoms with Crippen molar-refractivity contribution in [2.75, 3.05) is 4.90 Å². The third kappa shape index (κ3) is 4.29. The van der Waals surface area contributed by atoms with Crippen LogP contribution in [0.25, 0.3) is 83.3 Å². The van der Waals surface area contributed by atoms with E-state index in [1.54, 1.807) is 6.20 Å². The molecular weight excluding hydrogens is 703 g/mol. The number of rotatable bonds is 4. The topological polar surface area (TPSA) is 69.3 Å². The number of nitrogens with zero attached hydrogens (tertiary/aromatic N) is 7. The smallest absolute Gasteiger partial charge is 0.227 e. The molecule has 2 atom stereocenters. The molecule has 0 amide bonds. The average molecular weight is 734 g/mol. The lowest BCUT2D eigenvalue weighted by Gasteiger charge is -2.28. The van der Waals surface area contributed by atoms with Crippen molar-refractivity contribution in [3.05, 3.63) is 182 Å². The number of anilines is 2. The van der Waals surface area contributed by atoms with Gasteiger partial charge in [0.05, 0.1) is 50.9 Å². The number of aromatic nitrogens is 6. The summed E-state index contributed by atoms with van der Waals surface area (Å²) >= 11 is 0. The average Bonchev–Trinajstić information content (AvgIpc) is 4.07. The number of hydrogen-bond donors (Lipinski definition) is 0. The van der Waals surface area contributed by atoms with Gasteiger partial charge in [-0.15, -0.1) is 0 Å². The van der Waals surface area contributed by atoms with Gasteiger partial charge in [0.2, 0.25) is 17.4 Å². The third-order valence-electron chi connectivity index (χ3n) is 11.8.